The van der Waals surface area contributed by atoms with Crippen LogP contribution in [-0.4, -0.2) is 39.3 Å². The van der Waals surface area contributed by atoms with Gasteiger partial charge in [-0.25, -0.2) is 0 Å². The van der Waals surface area contributed by atoms with E-state index < -0.39 is 0 Å². The van der Waals surface area contributed by atoms with Crippen LogP contribution in [0.1, 0.15) is 29.7 Å². The van der Waals surface area contributed by atoms with Crippen LogP contribution in [0, 0.1) is 0 Å². The molecule has 8 nitrogen and oxygen atoms in total. The Morgan fingerprint density at radius 2 is 1.55 bits per heavy atom. The molecule has 0 atom stereocenters. The van der Waals surface area contributed by atoms with Crippen molar-refractivity contribution in [2.45, 2.75) is 25.7 Å². The number of carbonyl (C=O) groups is 1. The van der Waals surface area contributed by atoms with Crippen molar-refractivity contribution in [2.24, 2.45) is 0 Å². The number of methoxy groups -OCH3 is 4. The number of nitrogens with zero attached hydrogens (tertiary/aromatic N) is 1. The number of ether oxygens (including phenoxy) is 4. The summed E-state index contributed by atoms with van der Waals surface area (Å²) < 4.78 is 21.6. The van der Waals surface area contributed by atoms with E-state index in [0.717, 1.165) is 59.2 Å². The summed E-state index contributed by atoms with van der Waals surface area (Å²) in [5.74, 6) is 2.38. The molecule has 206 valence electrons. The van der Waals surface area contributed by atoms with Gasteiger partial charge in [0.05, 0.1) is 39.6 Å². The van der Waals surface area contributed by atoms with E-state index in [9.17, 15) is 4.79 Å². The Morgan fingerprint density at radius 1 is 0.800 bits per heavy atom. The topological polar surface area (TPSA) is 90.9 Å². The summed E-state index contributed by atoms with van der Waals surface area (Å²) in [5, 5.41) is 7.55. The molecule has 0 saturated carbocycles. The molecule has 8 heteroatoms. The first-order valence-corrected chi connectivity index (χ1v) is 13.2. The summed E-state index contributed by atoms with van der Waals surface area (Å²) >= 11 is 0. The number of hydrogen-bond acceptors (Lipinski definition) is 7. The molecule has 0 bridgehead atoms. The first-order chi connectivity index (χ1) is 19.5. The summed E-state index contributed by atoms with van der Waals surface area (Å²) in [5.41, 5.74) is 6.50. The lowest BCUT2D eigenvalue weighted by molar-refractivity contribution is -0.111. The Balaban J connectivity index is 1.47. The van der Waals surface area contributed by atoms with E-state index >= 15 is 0 Å². The number of benzene rings is 3. The van der Waals surface area contributed by atoms with Crippen molar-refractivity contribution in [1.82, 2.24) is 4.98 Å². The van der Waals surface area contributed by atoms with Gasteiger partial charge in [-0.3, -0.25) is 9.78 Å². The van der Waals surface area contributed by atoms with Crippen LogP contribution in [0.3, 0.4) is 0 Å². The first-order valence-electron chi connectivity index (χ1n) is 13.2. The van der Waals surface area contributed by atoms with Gasteiger partial charge < -0.3 is 29.6 Å². The van der Waals surface area contributed by atoms with E-state index in [4.69, 9.17) is 23.9 Å². The molecule has 0 fully saturated rings. The average molecular weight is 540 g/mol. The Hall–Kier alpha value is -4.72. The van der Waals surface area contributed by atoms with Crippen LogP contribution in [-0.2, 0) is 17.6 Å². The van der Waals surface area contributed by atoms with E-state index in [2.05, 4.69) is 10.6 Å². The lowest BCUT2D eigenvalue weighted by Crippen LogP contribution is -2.11. The summed E-state index contributed by atoms with van der Waals surface area (Å²) in [4.78, 5) is 17.9. The third kappa shape index (κ3) is 5.66. The molecule has 40 heavy (non-hydrogen) atoms. The zero-order valence-corrected chi connectivity index (χ0v) is 23.2. The molecule has 0 unspecified atom stereocenters. The number of aryl methyl sites for hydroxylation is 1. The quantitative estimate of drug-likeness (QED) is 0.233. The van der Waals surface area contributed by atoms with Crippen molar-refractivity contribution in [1.29, 1.82) is 0 Å². The van der Waals surface area contributed by atoms with E-state index in [1.54, 1.807) is 40.6 Å². The summed E-state index contributed by atoms with van der Waals surface area (Å²) in [7, 11) is 6.44. The van der Waals surface area contributed by atoms with Gasteiger partial charge in [-0.2, -0.15) is 0 Å². The van der Waals surface area contributed by atoms with Crippen molar-refractivity contribution < 1.29 is 23.7 Å². The maximum atomic E-state index is 12.9. The van der Waals surface area contributed by atoms with Crippen molar-refractivity contribution >= 4 is 39.9 Å². The minimum atomic E-state index is -0.260. The molecule has 1 aromatic heterocycles. The zero-order valence-electron chi connectivity index (χ0n) is 23.2. The summed E-state index contributed by atoms with van der Waals surface area (Å²) in [6.45, 7) is 0. The number of amides is 1. The fourth-order valence-corrected chi connectivity index (χ4v) is 5.02. The van der Waals surface area contributed by atoms with E-state index in [-0.39, 0.29) is 5.91 Å². The second-order valence-electron chi connectivity index (χ2n) is 9.48. The predicted octanol–water partition coefficient (Wildman–Crippen LogP) is 6.54. The minimum Gasteiger partial charge on any atom is -0.497 e. The molecule has 1 aliphatic carbocycles. The van der Waals surface area contributed by atoms with E-state index in [1.165, 1.54) is 11.6 Å². The number of nitrogens with one attached hydrogen (secondary N) is 2. The molecule has 1 aliphatic rings. The number of rotatable bonds is 9. The van der Waals surface area contributed by atoms with Gasteiger partial charge in [0.1, 0.15) is 11.5 Å². The first kappa shape index (κ1) is 26.9. The van der Waals surface area contributed by atoms with Crippen LogP contribution in [0.4, 0.5) is 17.1 Å². The zero-order chi connectivity index (χ0) is 28.1. The average Bonchev–Trinajstić information content (AvgIpc) is 2.99. The van der Waals surface area contributed by atoms with Crippen LogP contribution in [0.2, 0.25) is 0 Å². The lowest BCUT2D eigenvalue weighted by atomic mass is 9.92. The van der Waals surface area contributed by atoms with Gasteiger partial charge in [0.2, 0.25) is 5.91 Å². The monoisotopic (exact) mass is 539 g/mol. The second kappa shape index (κ2) is 12.0. The molecular weight excluding hydrogens is 506 g/mol. The smallest absolute Gasteiger partial charge is 0.248 e. The molecule has 0 aliphatic heterocycles. The molecule has 4 aromatic rings. The van der Waals surface area contributed by atoms with E-state index in [1.807, 2.05) is 48.5 Å². The number of pyridine rings is 1. The van der Waals surface area contributed by atoms with Crippen LogP contribution in [0.5, 0.6) is 23.0 Å². The molecular formula is C32H33N3O5. The maximum Gasteiger partial charge on any atom is 0.248 e. The number of fused-ring (bicyclic) bond motifs is 2. The third-order valence-electron chi connectivity index (χ3n) is 7.03. The largest absolute Gasteiger partial charge is 0.497 e. The number of aromatic nitrogens is 1. The maximum absolute atomic E-state index is 12.9. The Kier molecular flexibility index (Phi) is 8.05. The fourth-order valence-electron chi connectivity index (χ4n) is 5.02. The van der Waals surface area contributed by atoms with Gasteiger partial charge in [-0.1, -0.05) is 0 Å². The van der Waals surface area contributed by atoms with Gasteiger partial charge in [-0.15, -0.1) is 0 Å². The van der Waals surface area contributed by atoms with Crippen molar-refractivity contribution in [2.75, 3.05) is 39.1 Å². The molecule has 1 heterocycles. The Morgan fingerprint density at radius 3 is 2.33 bits per heavy atom. The summed E-state index contributed by atoms with van der Waals surface area (Å²) in [6, 6.07) is 17.0. The standard InChI is InChI=1S/C32H33N3O5/c1-37-23-12-15-28(38-2)20(17-23)9-16-31(36)33-21-10-13-27-25(18-21)32(24-7-5-6-8-26(24)35-27)34-22-11-14-29(39-3)30(19-22)40-4/h9-19H,5-8H2,1-4H3,(H,33,36)(H,34,35). The second-order valence-corrected chi connectivity index (χ2v) is 9.48. The highest BCUT2D eigenvalue weighted by Gasteiger charge is 2.19. The molecule has 2 N–H and O–H groups in total. The lowest BCUT2D eigenvalue weighted by Gasteiger charge is -2.22. The van der Waals surface area contributed by atoms with Gasteiger partial charge >= 0.3 is 0 Å². The molecule has 0 spiro atoms. The molecule has 3 aromatic carbocycles. The van der Waals surface area contributed by atoms with Crippen molar-refractivity contribution in [3.8, 4) is 23.0 Å². The van der Waals surface area contributed by atoms with Gasteiger partial charge in [0.25, 0.3) is 0 Å². The van der Waals surface area contributed by atoms with Crippen LogP contribution in [0.15, 0.2) is 60.7 Å². The fraction of sp³-hybridized carbons (Fsp3) is 0.250. The highest BCUT2D eigenvalue weighted by atomic mass is 16.5. The van der Waals surface area contributed by atoms with Gasteiger partial charge in [-0.05, 0) is 85.9 Å². The Labute approximate surface area is 233 Å². The highest BCUT2D eigenvalue weighted by Crippen LogP contribution is 2.38. The molecule has 0 radical (unpaired) electrons. The third-order valence-corrected chi connectivity index (χ3v) is 7.03. The molecule has 5 rings (SSSR count). The van der Waals surface area contributed by atoms with Crippen LogP contribution < -0.4 is 29.6 Å². The van der Waals surface area contributed by atoms with Crippen molar-refractivity contribution in [3.05, 3.63) is 77.5 Å². The Bertz CT molecular complexity index is 1580. The van der Waals surface area contributed by atoms with Gasteiger partial charge in [0, 0.05) is 40.2 Å². The molecule has 1 amide bonds. The molecule has 0 saturated heterocycles. The number of carbonyl (C=O) groups excluding carboxylic acids is 1. The number of hydrogen-bond donors (Lipinski definition) is 2. The normalized spacial score (nSPS) is 12.6. The highest BCUT2D eigenvalue weighted by molar-refractivity contribution is 6.04. The minimum absolute atomic E-state index is 0.260. The summed E-state index contributed by atoms with van der Waals surface area (Å²) in [6.07, 6.45) is 7.31. The van der Waals surface area contributed by atoms with Crippen LogP contribution in [0.25, 0.3) is 17.0 Å². The van der Waals surface area contributed by atoms with Crippen LogP contribution >= 0.6 is 0 Å². The van der Waals surface area contributed by atoms with Crippen molar-refractivity contribution in [3.63, 3.8) is 0 Å². The number of anilines is 3. The van der Waals surface area contributed by atoms with E-state index in [0.29, 0.717) is 28.7 Å². The SMILES string of the molecule is COc1ccc(OC)c(C=CC(=O)Nc2ccc3nc4c(c(Nc5ccc(OC)c(OC)c5)c3c2)CCCC4)c1. The van der Waals surface area contributed by atoms with Gasteiger partial charge in [0.15, 0.2) is 11.5 Å². The predicted molar refractivity (Wildman–Crippen MR) is 158 cm³/mol.